The van der Waals surface area contributed by atoms with Gasteiger partial charge in [-0.2, -0.15) is 10.2 Å². The molecule has 0 heterocycles. The summed E-state index contributed by atoms with van der Waals surface area (Å²) in [6, 6.07) is 15.7. The third-order valence-electron chi connectivity index (χ3n) is 4.87. The minimum Gasteiger partial charge on any atom is -0.267 e. The summed E-state index contributed by atoms with van der Waals surface area (Å²) in [7, 11) is 0. The number of rotatable bonds is 10. The Hall–Kier alpha value is -6.12. The largest absolute Gasteiger partial charge is 0.277 e. The number of amides is 2. The van der Waals surface area contributed by atoms with E-state index in [1.54, 1.807) is 0 Å². The second-order valence-corrected chi connectivity index (χ2v) is 7.50. The molecule has 0 saturated carbocycles. The molecule has 0 unspecified atom stereocenters. The van der Waals surface area contributed by atoms with Gasteiger partial charge >= 0.3 is 0 Å². The molecule has 0 aliphatic carbocycles. The van der Waals surface area contributed by atoms with E-state index in [0.29, 0.717) is 16.7 Å². The Balaban J connectivity index is 1.77. The lowest BCUT2D eigenvalue weighted by atomic mass is 10.1. The third kappa shape index (κ3) is 7.94. The van der Waals surface area contributed by atoms with Crippen LogP contribution in [0.1, 0.15) is 16.7 Å². The van der Waals surface area contributed by atoms with Crippen molar-refractivity contribution in [3.8, 4) is 0 Å². The fourth-order valence-corrected chi connectivity index (χ4v) is 2.91. The maximum absolute atomic E-state index is 12.8. The molecule has 15 heteroatoms. The van der Waals surface area contributed by atoms with Gasteiger partial charge in [0.1, 0.15) is 5.57 Å². The van der Waals surface area contributed by atoms with Gasteiger partial charge in [0.2, 0.25) is 0 Å². The average Bonchev–Trinajstić information content (AvgIpc) is 2.92. The van der Waals surface area contributed by atoms with E-state index < -0.39 is 32.2 Å². The molecular formula is C24H17N7O8. The molecule has 15 nitrogen and oxygen atoms in total. The van der Waals surface area contributed by atoms with Crippen LogP contribution in [0.3, 0.4) is 0 Å². The predicted molar refractivity (Wildman–Crippen MR) is 139 cm³/mol. The lowest BCUT2D eigenvalue weighted by Crippen LogP contribution is -2.30. The highest BCUT2D eigenvalue weighted by atomic mass is 16.6. The summed E-state index contributed by atoms with van der Waals surface area (Å²) in [4.78, 5) is 56.2. The first-order valence-corrected chi connectivity index (χ1v) is 10.8. The van der Waals surface area contributed by atoms with Gasteiger partial charge < -0.3 is 0 Å². The van der Waals surface area contributed by atoms with Crippen LogP contribution in [0.5, 0.6) is 0 Å². The van der Waals surface area contributed by atoms with E-state index in [0.717, 1.165) is 6.08 Å². The fraction of sp³-hybridized carbons (Fsp3) is 0. The Kier molecular flexibility index (Phi) is 8.96. The fourth-order valence-electron chi connectivity index (χ4n) is 2.91. The molecule has 196 valence electrons. The van der Waals surface area contributed by atoms with E-state index in [1.165, 1.54) is 85.2 Å². The maximum atomic E-state index is 12.8. The van der Waals surface area contributed by atoms with E-state index in [-0.39, 0.29) is 17.1 Å². The van der Waals surface area contributed by atoms with Gasteiger partial charge in [0.05, 0.1) is 27.2 Å². The number of nitro groups is 3. The van der Waals surface area contributed by atoms with Crippen LogP contribution in [0.15, 0.2) is 88.6 Å². The van der Waals surface area contributed by atoms with Gasteiger partial charge in [0.15, 0.2) is 0 Å². The molecule has 2 N–H and O–H groups in total. The molecule has 0 saturated heterocycles. The van der Waals surface area contributed by atoms with Crippen LogP contribution >= 0.6 is 0 Å². The van der Waals surface area contributed by atoms with Crippen LogP contribution in [-0.4, -0.2) is 39.0 Å². The second-order valence-electron chi connectivity index (χ2n) is 7.50. The number of non-ortho nitro benzene ring substituents is 3. The first-order valence-electron chi connectivity index (χ1n) is 10.8. The summed E-state index contributed by atoms with van der Waals surface area (Å²) in [6.45, 7) is 0. The minimum absolute atomic E-state index is 0.129. The summed E-state index contributed by atoms with van der Waals surface area (Å²) < 4.78 is 0. The molecule has 2 amide bonds. The van der Waals surface area contributed by atoms with Crippen molar-refractivity contribution < 1.29 is 24.4 Å². The van der Waals surface area contributed by atoms with Crippen LogP contribution in [0, 0.1) is 30.3 Å². The van der Waals surface area contributed by atoms with E-state index in [1.807, 2.05) is 0 Å². The molecule has 0 atom stereocenters. The van der Waals surface area contributed by atoms with Crippen molar-refractivity contribution in [2.75, 3.05) is 0 Å². The van der Waals surface area contributed by atoms with Crippen molar-refractivity contribution in [3.05, 3.63) is 125 Å². The first kappa shape index (κ1) is 27.5. The zero-order valence-electron chi connectivity index (χ0n) is 19.7. The highest BCUT2D eigenvalue weighted by molar-refractivity contribution is 6.21. The molecule has 3 rings (SSSR count). The molecule has 0 bridgehead atoms. The molecule has 0 fully saturated rings. The Bertz CT molecular complexity index is 1410. The SMILES string of the molecule is O=C(N/N=C\c1ccc([N+](=O)[O-])cc1)C(=Cc1ccc([N+](=O)[O-])cc1)C(=O)N/N=C\c1ccc([N+](=O)[O-])cc1. The molecular weight excluding hydrogens is 514 g/mol. The van der Waals surface area contributed by atoms with E-state index in [2.05, 4.69) is 21.1 Å². The molecule has 0 aromatic heterocycles. The third-order valence-corrected chi connectivity index (χ3v) is 4.87. The van der Waals surface area contributed by atoms with Gasteiger partial charge in [-0.3, -0.25) is 39.9 Å². The molecule has 3 aromatic rings. The number of carbonyl (C=O) groups excluding carboxylic acids is 2. The minimum atomic E-state index is -0.949. The quantitative estimate of drug-likeness (QED) is 0.0988. The van der Waals surface area contributed by atoms with E-state index >= 15 is 0 Å². The van der Waals surface area contributed by atoms with Gasteiger partial charge in [-0.15, -0.1) is 0 Å². The molecule has 0 radical (unpaired) electrons. The molecule has 0 aliphatic heterocycles. The summed E-state index contributed by atoms with van der Waals surface area (Å²) in [5.41, 5.74) is 4.58. The molecule has 39 heavy (non-hydrogen) atoms. The standard InChI is InChI=1S/C24H17N7O8/c32-23(27-25-14-17-3-9-20(10-4-17)30(36)37)22(13-16-1-7-19(8-2-16)29(34)35)24(33)28-26-15-18-5-11-21(12-6-18)31(38)39/h1-15H,(H,27,32)(H,28,33)/b25-14-,26-15-. The van der Waals surface area contributed by atoms with Crippen LogP contribution in [0.25, 0.3) is 6.08 Å². The van der Waals surface area contributed by atoms with Gasteiger partial charge in [-0.25, -0.2) is 10.9 Å². The molecule has 0 aliphatic rings. The number of hydrazone groups is 2. The number of benzene rings is 3. The van der Waals surface area contributed by atoms with Gasteiger partial charge in [0, 0.05) is 36.4 Å². The number of hydrogen-bond donors (Lipinski definition) is 2. The molecule has 0 spiro atoms. The van der Waals surface area contributed by atoms with Crippen LogP contribution < -0.4 is 10.9 Å². The second kappa shape index (κ2) is 12.7. The highest BCUT2D eigenvalue weighted by Gasteiger charge is 2.18. The topological polar surface area (TPSA) is 212 Å². The van der Waals surface area contributed by atoms with Gasteiger partial charge in [-0.05, 0) is 59.2 Å². The number of nitro benzene ring substituents is 3. The zero-order chi connectivity index (χ0) is 28.4. The first-order chi connectivity index (χ1) is 18.6. The van der Waals surface area contributed by atoms with Crippen molar-refractivity contribution in [2.45, 2.75) is 0 Å². The van der Waals surface area contributed by atoms with Crippen LogP contribution in [0.4, 0.5) is 17.1 Å². The predicted octanol–water partition coefficient (Wildman–Crippen LogP) is 3.10. The Morgan fingerprint density at radius 3 is 1.18 bits per heavy atom. The van der Waals surface area contributed by atoms with Crippen molar-refractivity contribution in [2.24, 2.45) is 10.2 Å². The van der Waals surface area contributed by atoms with Crippen LogP contribution in [0.2, 0.25) is 0 Å². The smallest absolute Gasteiger partial charge is 0.267 e. The summed E-state index contributed by atoms with van der Waals surface area (Å²) in [5, 5.41) is 39.9. The summed E-state index contributed by atoms with van der Waals surface area (Å²) in [5.74, 6) is -1.90. The summed E-state index contributed by atoms with van der Waals surface area (Å²) in [6.07, 6.45) is 3.57. The maximum Gasteiger partial charge on any atom is 0.277 e. The van der Waals surface area contributed by atoms with Crippen LogP contribution in [-0.2, 0) is 9.59 Å². The zero-order valence-corrected chi connectivity index (χ0v) is 19.7. The Labute approximate surface area is 218 Å². The van der Waals surface area contributed by atoms with Crippen molar-refractivity contribution in [1.29, 1.82) is 0 Å². The van der Waals surface area contributed by atoms with Crippen molar-refractivity contribution >= 4 is 47.4 Å². The Morgan fingerprint density at radius 1 is 0.564 bits per heavy atom. The van der Waals surface area contributed by atoms with E-state index in [9.17, 15) is 39.9 Å². The van der Waals surface area contributed by atoms with Gasteiger partial charge in [-0.1, -0.05) is 0 Å². The normalized spacial score (nSPS) is 10.7. The van der Waals surface area contributed by atoms with Gasteiger partial charge in [0.25, 0.3) is 28.9 Å². The Morgan fingerprint density at radius 2 is 0.872 bits per heavy atom. The lowest BCUT2D eigenvalue weighted by Gasteiger charge is -2.05. The number of nitrogens with zero attached hydrogens (tertiary/aromatic N) is 5. The summed E-state index contributed by atoms with van der Waals surface area (Å²) >= 11 is 0. The number of nitrogens with one attached hydrogen (secondary N) is 2. The molecule has 3 aromatic carbocycles. The van der Waals surface area contributed by atoms with Crippen molar-refractivity contribution in [3.63, 3.8) is 0 Å². The number of carbonyl (C=O) groups is 2. The van der Waals surface area contributed by atoms with E-state index in [4.69, 9.17) is 0 Å². The average molecular weight is 531 g/mol. The lowest BCUT2D eigenvalue weighted by molar-refractivity contribution is -0.385. The highest BCUT2D eigenvalue weighted by Crippen LogP contribution is 2.15. The monoisotopic (exact) mass is 531 g/mol. The number of hydrogen-bond acceptors (Lipinski definition) is 10. The van der Waals surface area contributed by atoms with Crippen molar-refractivity contribution in [1.82, 2.24) is 10.9 Å².